The zero-order valence-corrected chi connectivity index (χ0v) is 13.2. The lowest BCUT2D eigenvalue weighted by atomic mass is 9.62. The van der Waals surface area contributed by atoms with Crippen LogP contribution in [0.25, 0.3) is 0 Å². The summed E-state index contributed by atoms with van der Waals surface area (Å²) < 4.78 is 0. The molecule has 0 aliphatic carbocycles. The van der Waals surface area contributed by atoms with E-state index in [9.17, 15) is 0 Å². The van der Waals surface area contributed by atoms with Gasteiger partial charge in [0.2, 0.25) is 0 Å². The Morgan fingerprint density at radius 1 is 0.529 bits per heavy atom. The smallest absolute Gasteiger partial charge is 0.0310 e. The summed E-state index contributed by atoms with van der Waals surface area (Å²) in [4.78, 5) is 0. The second-order valence-corrected chi connectivity index (χ2v) is 8.87. The molecule has 17 heavy (non-hydrogen) atoms. The van der Waals surface area contributed by atoms with Crippen LogP contribution in [0.3, 0.4) is 0 Å². The Balaban J connectivity index is 3.08. The van der Waals surface area contributed by atoms with E-state index in [0.29, 0.717) is 23.4 Å². The van der Waals surface area contributed by atoms with Crippen molar-refractivity contribution in [3.05, 3.63) is 0 Å². The van der Waals surface area contributed by atoms with Crippen molar-refractivity contribution in [3.8, 4) is 0 Å². The lowest BCUT2D eigenvalue weighted by Gasteiger charge is -2.43. The Hall–Kier alpha value is -0.0800. The molecule has 102 valence electrons. The third kappa shape index (κ3) is 3.23. The van der Waals surface area contributed by atoms with E-state index in [4.69, 9.17) is 0 Å². The van der Waals surface area contributed by atoms with Crippen molar-refractivity contribution in [1.82, 2.24) is 10.9 Å². The number of nitrogens with one attached hydrogen (secondary N) is 2. The van der Waals surface area contributed by atoms with Crippen molar-refractivity contribution < 1.29 is 0 Å². The minimum absolute atomic E-state index is 0.283. The zero-order valence-electron chi connectivity index (χ0n) is 13.2. The Morgan fingerprint density at radius 3 is 1.00 bits per heavy atom. The van der Waals surface area contributed by atoms with Crippen molar-refractivity contribution in [3.63, 3.8) is 0 Å². The van der Waals surface area contributed by atoms with Gasteiger partial charge in [0.1, 0.15) is 0 Å². The summed E-state index contributed by atoms with van der Waals surface area (Å²) in [6.45, 7) is 21.1. The van der Waals surface area contributed by atoms with Crippen LogP contribution in [0.1, 0.15) is 62.3 Å². The monoisotopic (exact) mass is 240 g/mol. The van der Waals surface area contributed by atoms with Gasteiger partial charge in [-0.15, -0.1) is 0 Å². The van der Waals surface area contributed by atoms with E-state index < -0.39 is 0 Å². The van der Waals surface area contributed by atoms with Gasteiger partial charge in [-0.05, 0) is 22.2 Å². The first-order valence-corrected chi connectivity index (χ1v) is 6.86. The fraction of sp³-hybridized carbons (Fsp3) is 1.00. The van der Waals surface area contributed by atoms with Crippen LogP contribution in [0, 0.1) is 22.2 Å². The van der Waals surface area contributed by atoms with Crippen molar-refractivity contribution in [1.29, 1.82) is 0 Å². The maximum Gasteiger partial charge on any atom is 0.0310 e. The van der Waals surface area contributed by atoms with Gasteiger partial charge in [0.25, 0.3) is 0 Å². The zero-order chi connectivity index (χ0) is 13.6. The summed E-state index contributed by atoms with van der Waals surface area (Å²) in [5.74, 6) is 0.641. The molecule has 1 fully saturated rings. The Kier molecular flexibility index (Phi) is 3.73. The Morgan fingerprint density at radius 2 is 0.824 bits per heavy atom. The van der Waals surface area contributed by atoms with Crippen LogP contribution >= 0.6 is 0 Å². The number of hydrogen-bond donors (Lipinski definition) is 2. The van der Waals surface area contributed by atoms with Crippen molar-refractivity contribution in [2.75, 3.05) is 0 Å². The number of hydrogen-bond acceptors (Lipinski definition) is 2. The molecule has 1 saturated heterocycles. The summed E-state index contributed by atoms with van der Waals surface area (Å²) in [6.07, 6.45) is 0. The van der Waals surface area contributed by atoms with E-state index in [1.807, 2.05) is 0 Å². The maximum absolute atomic E-state index is 3.56. The molecule has 0 aromatic rings. The molecule has 1 heterocycles. The molecule has 1 aliphatic heterocycles. The first-order valence-electron chi connectivity index (χ1n) is 6.86. The third-order valence-corrected chi connectivity index (χ3v) is 3.98. The van der Waals surface area contributed by atoms with E-state index in [1.54, 1.807) is 0 Å². The highest BCUT2D eigenvalue weighted by Gasteiger charge is 2.50. The Labute approximate surface area is 108 Å². The molecular weight excluding hydrogens is 208 g/mol. The fourth-order valence-electron chi connectivity index (χ4n) is 3.06. The first-order chi connectivity index (χ1) is 7.35. The van der Waals surface area contributed by atoms with Gasteiger partial charge in [0.15, 0.2) is 0 Å². The van der Waals surface area contributed by atoms with Crippen molar-refractivity contribution in [2.24, 2.45) is 22.2 Å². The van der Waals surface area contributed by atoms with Gasteiger partial charge in [-0.3, -0.25) is 10.9 Å². The largest absolute Gasteiger partial charge is 0.254 e. The highest BCUT2D eigenvalue weighted by atomic mass is 15.4. The molecule has 0 aromatic heterocycles. The predicted molar refractivity (Wildman–Crippen MR) is 75.7 cm³/mol. The molecule has 0 saturated carbocycles. The van der Waals surface area contributed by atoms with Crippen LogP contribution in [0.15, 0.2) is 0 Å². The molecule has 0 spiro atoms. The Bertz CT molecular complexity index is 240. The molecule has 0 bridgehead atoms. The van der Waals surface area contributed by atoms with Crippen LogP contribution in [-0.4, -0.2) is 12.1 Å². The summed E-state index contributed by atoms with van der Waals surface area (Å²) in [7, 11) is 0. The molecule has 1 rings (SSSR count). The summed E-state index contributed by atoms with van der Waals surface area (Å²) in [5.41, 5.74) is 8.00. The second-order valence-electron chi connectivity index (χ2n) is 8.87. The van der Waals surface area contributed by atoms with E-state index >= 15 is 0 Å². The standard InChI is InChI=1S/C15H32N2/c1-13(2,3)10-11(14(4,5)6)16-17-12(10)15(7,8)9/h10-12,16-17H,1-9H3. The lowest BCUT2D eigenvalue weighted by molar-refractivity contribution is 0.0941. The minimum Gasteiger partial charge on any atom is -0.254 e. The fourth-order valence-corrected chi connectivity index (χ4v) is 3.06. The molecule has 0 radical (unpaired) electrons. The predicted octanol–water partition coefficient (Wildman–Crippen LogP) is 3.59. The van der Waals surface area contributed by atoms with Gasteiger partial charge >= 0.3 is 0 Å². The van der Waals surface area contributed by atoms with Gasteiger partial charge < -0.3 is 0 Å². The normalized spacial score (nSPS) is 31.9. The lowest BCUT2D eigenvalue weighted by Crippen LogP contribution is -2.48. The van der Waals surface area contributed by atoms with Gasteiger partial charge in [-0.2, -0.15) is 0 Å². The molecule has 2 heteroatoms. The molecule has 0 aromatic carbocycles. The van der Waals surface area contributed by atoms with Crippen LogP contribution in [0.5, 0.6) is 0 Å². The van der Waals surface area contributed by atoms with E-state index in [-0.39, 0.29) is 10.8 Å². The summed E-state index contributed by atoms with van der Waals surface area (Å²) >= 11 is 0. The molecule has 2 N–H and O–H groups in total. The van der Waals surface area contributed by atoms with Gasteiger partial charge in [-0.25, -0.2) is 0 Å². The molecule has 2 atom stereocenters. The quantitative estimate of drug-likeness (QED) is 0.676. The summed E-state index contributed by atoms with van der Waals surface area (Å²) in [5, 5.41) is 0. The molecular formula is C15H32N2. The van der Waals surface area contributed by atoms with E-state index in [0.717, 1.165) is 0 Å². The minimum atomic E-state index is 0.283. The maximum atomic E-state index is 3.56. The topological polar surface area (TPSA) is 24.1 Å². The second kappa shape index (κ2) is 4.24. The number of rotatable bonds is 0. The molecule has 1 aliphatic rings. The highest BCUT2D eigenvalue weighted by molar-refractivity contribution is 5.04. The third-order valence-electron chi connectivity index (χ3n) is 3.98. The van der Waals surface area contributed by atoms with Crippen LogP contribution < -0.4 is 10.9 Å². The van der Waals surface area contributed by atoms with Gasteiger partial charge in [-0.1, -0.05) is 62.3 Å². The van der Waals surface area contributed by atoms with Crippen molar-refractivity contribution in [2.45, 2.75) is 74.4 Å². The van der Waals surface area contributed by atoms with Crippen molar-refractivity contribution >= 4 is 0 Å². The summed E-state index contributed by atoms with van der Waals surface area (Å²) in [6, 6.07) is 1.04. The average Bonchev–Trinajstić information content (AvgIpc) is 2.42. The van der Waals surface area contributed by atoms with Crippen LogP contribution in [0.2, 0.25) is 0 Å². The molecule has 0 amide bonds. The average molecular weight is 240 g/mol. The van der Waals surface area contributed by atoms with Gasteiger partial charge in [0, 0.05) is 12.1 Å². The van der Waals surface area contributed by atoms with E-state index in [2.05, 4.69) is 73.2 Å². The van der Waals surface area contributed by atoms with Gasteiger partial charge in [0.05, 0.1) is 0 Å². The first kappa shape index (κ1) is 15.0. The van der Waals surface area contributed by atoms with Crippen LogP contribution in [0.4, 0.5) is 0 Å². The molecule has 2 unspecified atom stereocenters. The van der Waals surface area contributed by atoms with Crippen LogP contribution in [-0.2, 0) is 0 Å². The SMILES string of the molecule is CC(C)(C)C1NNC(C(C)(C)C)C1C(C)(C)C. The number of hydrazine groups is 1. The highest BCUT2D eigenvalue weighted by Crippen LogP contribution is 2.45. The molecule has 2 nitrogen and oxygen atoms in total. The van der Waals surface area contributed by atoms with E-state index in [1.165, 1.54) is 0 Å².